The first-order chi connectivity index (χ1) is 7.35. The van der Waals surface area contributed by atoms with Crippen LogP contribution in [0.1, 0.15) is 30.2 Å². The van der Waals surface area contributed by atoms with E-state index in [4.69, 9.17) is 5.73 Å². The zero-order chi connectivity index (χ0) is 10.7. The average Bonchev–Trinajstić information content (AvgIpc) is 2.77. The quantitative estimate of drug-likeness (QED) is 0.844. The van der Waals surface area contributed by atoms with Gasteiger partial charge in [0.2, 0.25) is 0 Å². The zero-order valence-corrected chi connectivity index (χ0v) is 10.4. The molecule has 1 aliphatic heterocycles. The fourth-order valence-corrected chi connectivity index (χ4v) is 4.66. The van der Waals surface area contributed by atoms with Crippen molar-refractivity contribution in [2.75, 3.05) is 11.5 Å². The van der Waals surface area contributed by atoms with E-state index >= 15 is 0 Å². The van der Waals surface area contributed by atoms with Gasteiger partial charge in [-0.05, 0) is 6.42 Å². The first-order valence-corrected chi connectivity index (χ1v) is 7.29. The number of nitrogens with zero attached hydrogens (tertiary/aromatic N) is 2. The van der Waals surface area contributed by atoms with Gasteiger partial charge in [-0.1, -0.05) is 6.92 Å². The molecule has 4 nitrogen and oxygen atoms in total. The van der Waals surface area contributed by atoms with Gasteiger partial charge < -0.3 is 5.73 Å². The molecule has 6 heteroatoms. The molecule has 2 heterocycles. The molecule has 0 radical (unpaired) electrons. The van der Waals surface area contributed by atoms with E-state index in [1.807, 2.05) is 23.5 Å². The molecule has 1 aliphatic rings. The van der Waals surface area contributed by atoms with Crippen molar-refractivity contribution in [2.24, 2.45) is 5.73 Å². The third-order valence-corrected chi connectivity index (χ3v) is 5.69. The number of rotatable bonds is 3. The molecule has 2 rings (SSSR count). The van der Waals surface area contributed by atoms with Gasteiger partial charge in [-0.3, -0.25) is 5.10 Å². The van der Waals surface area contributed by atoms with Gasteiger partial charge in [0.15, 0.2) is 5.82 Å². The largest absolute Gasteiger partial charge is 0.324 e. The van der Waals surface area contributed by atoms with Crippen molar-refractivity contribution >= 4 is 23.5 Å². The summed E-state index contributed by atoms with van der Waals surface area (Å²) in [5, 5.41) is 8.23. The van der Waals surface area contributed by atoms with Gasteiger partial charge in [0.05, 0.1) is 11.8 Å². The molecule has 15 heavy (non-hydrogen) atoms. The summed E-state index contributed by atoms with van der Waals surface area (Å²) >= 11 is 4.00. The van der Waals surface area contributed by atoms with Gasteiger partial charge in [-0.2, -0.15) is 16.9 Å². The van der Waals surface area contributed by atoms with Crippen LogP contribution >= 0.6 is 23.5 Å². The Morgan fingerprint density at radius 1 is 1.47 bits per heavy atom. The summed E-state index contributed by atoms with van der Waals surface area (Å²) in [6.45, 7) is 2.67. The minimum Gasteiger partial charge on any atom is -0.324 e. The molecule has 0 aliphatic carbocycles. The zero-order valence-electron chi connectivity index (χ0n) is 8.77. The highest BCUT2D eigenvalue weighted by atomic mass is 32.2. The smallest absolute Gasteiger partial charge is 0.164 e. The molecule has 0 bridgehead atoms. The maximum absolute atomic E-state index is 5.51. The number of aromatic amines is 1. The second kappa shape index (κ2) is 5.23. The van der Waals surface area contributed by atoms with E-state index in [1.54, 1.807) is 0 Å². The lowest BCUT2D eigenvalue weighted by atomic mass is 10.2. The maximum atomic E-state index is 5.51. The van der Waals surface area contributed by atoms with Crippen LogP contribution in [-0.2, 0) is 6.54 Å². The monoisotopic (exact) mass is 244 g/mol. The van der Waals surface area contributed by atoms with Crippen LogP contribution in [0.3, 0.4) is 0 Å². The van der Waals surface area contributed by atoms with E-state index < -0.39 is 0 Å². The van der Waals surface area contributed by atoms with Crippen LogP contribution in [0.15, 0.2) is 0 Å². The molecule has 2 atom stereocenters. The molecule has 2 unspecified atom stereocenters. The fourth-order valence-electron chi connectivity index (χ4n) is 1.67. The van der Waals surface area contributed by atoms with Crippen LogP contribution in [-0.4, -0.2) is 31.9 Å². The Kier molecular flexibility index (Phi) is 3.93. The molecule has 0 spiro atoms. The van der Waals surface area contributed by atoms with Crippen molar-refractivity contribution in [3.8, 4) is 0 Å². The lowest BCUT2D eigenvalue weighted by Crippen LogP contribution is -2.19. The Morgan fingerprint density at radius 3 is 2.93 bits per heavy atom. The van der Waals surface area contributed by atoms with Crippen molar-refractivity contribution in [3.63, 3.8) is 0 Å². The Bertz CT molecular complexity index is 315. The highest BCUT2D eigenvalue weighted by Crippen LogP contribution is 2.42. The average molecular weight is 244 g/mol. The summed E-state index contributed by atoms with van der Waals surface area (Å²) in [6.07, 6.45) is 1.18. The highest BCUT2D eigenvalue weighted by Gasteiger charge is 2.29. The summed E-state index contributed by atoms with van der Waals surface area (Å²) < 4.78 is 0. The van der Waals surface area contributed by atoms with E-state index in [0.29, 0.717) is 17.0 Å². The molecule has 0 amide bonds. The molecular formula is C9H16N4S2. The van der Waals surface area contributed by atoms with Gasteiger partial charge in [0.25, 0.3) is 0 Å². The molecule has 3 N–H and O–H groups in total. The Morgan fingerprint density at radius 2 is 2.27 bits per heavy atom. The second-order valence-corrected chi connectivity index (χ2v) is 6.05. The lowest BCUT2D eigenvalue weighted by molar-refractivity contribution is 0.753. The summed E-state index contributed by atoms with van der Waals surface area (Å²) in [4.78, 5) is 4.42. The normalized spacial score (nSPS) is 26.8. The van der Waals surface area contributed by atoms with Crippen LogP contribution in [0.2, 0.25) is 0 Å². The third kappa shape index (κ3) is 2.49. The minimum absolute atomic E-state index is 0.435. The van der Waals surface area contributed by atoms with Crippen LogP contribution in [0.5, 0.6) is 0 Å². The molecule has 1 fully saturated rings. The van der Waals surface area contributed by atoms with Crippen LogP contribution in [0.4, 0.5) is 0 Å². The fraction of sp³-hybridized carbons (Fsp3) is 0.778. The van der Waals surface area contributed by atoms with Crippen LogP contribution < -0.4 is 5.73 Å². The highest BCUT2D eigenvalue weighted by molar-refractivity contribution is 8.06. The number of aromatic nitrogens is 3. The topological polar surface area (TPSA) is 67.6 Å². The van der Waals surface area contributed by atoms with E-state index in [1.165, 1.54) is 17.9 Å². The maximum Gasteiger partial charge on any atom is 0.164 e. The van der Waals surface area contributed by atoms with Gasteiger partial charge >= 0.3 is 0 Å². The molecule has 1 aromatic rings. The van der Waals surface area contributed by atoms with Crippen molar-refractivity contribution in [1.82, 2.24) is 15.2 Å². The first-order valence-electron chi connectivity index (χ1n) is 5.19. The predicted molar refractivity (Wildman–Crippen MR) is 66.0 cm³/mol. The van der Waals surface area contributed by atoms with Gasteiger partial charge in [0, 0.05) is 16.8 Å². The first kappa shape index (κ1) is 11.3. The standard InChI is InChI=1S/C9H16N4S2/c1-2-6-8(15-4-3-14-6)9-11-7(5-10)12-13-9/h6,8H,2-5,10H2,1H3,(H,11,12,13). The van der Waals surface area contributed by atoms with Gasteiger partial charge in [-0.15, -0.1) is 11.8 Å². The van der Waals surface area contributed by atoms with E-state index in [9.17, 15) is 0 Å². The molecule has 0 aromatic carbocycles. The SMILES string of the molecule is CCC1SCCSC1c1n[nH]c(CN)n1. The Hall–Kier alpha value is -0.200. The predicted octanol–water partition coefficient (Wildman–Crippen LogP) is 1.56. The van der Waals surface area contributed by atoms with Crippen molar-refractivity contribution in [1.29, 1.82) is 0 Å². The number of thioether (sulfide) groups is 2. The van der Waals surface area contributed by atoms with E-state index in [-0.39, 0.29) is 0 Å². The van der Waals surface area contributed by atoms with E-state index in [2.05, 4.69) is 22.1 Å². The molecule has 84 valence electrons. The van der Waals surface area contributed by atoms with Crippen LogP contribution in [0, 0.1) is 0 Å². The minimum atomic E-state index is 0.435. The number of hydrogen-bond acceptors (Lipinski definition) is 5. The molecule has 1 saturated heterocycles. The summed E-state index contributed by atoms with van der Waals surface area (Å²) in [5.74, 6) is 4.15. The molecular weight excluding hydrogens is 228 g/mol. The van der Waals surface area contributed by atoms with Crippen molar-refractivity contribution < 1.29 is 0 Å². The number of hydrogen-bond donors (Lipinski definition) is 2. The van der Waals surface area contributed by atoms with Gasteiger partial charge in [-0.25, -0.2) is 4.98 Å². The number of H-pyrrole nitrogens is 1. The molecule has 0 saturated carbocycles. The van der Waals surface area contributed by atoms with Gasteiger partial charge in [0.1, 0.15) is 5.82 Å². The lowest BCUT2D eigenvalue weighted by Gasteiger charge is -2.27. The summed E-state index contributed by atoms with van der Waals surface area (Å²) in [5.41, 5.74) is 5.51. The third-order valence-electron chi connectivity index (χ3n) is 2.45. The van der Waals surface area contributed by atoms with E-state index in [0.717, 1.165) is 11.6 Å². The summed E-state index contributed by atoms with van der Waals surface area (Å²) in [6, 6.07) is 0. The Labute approximate surface area is 98.2 Å². The van der Waals surface area contributed by atoms with Crippen molar-refractivity contribution in [2.45, 2.75) is 30.4 Å². The number of nitrogens with one attached hydrogen (secondary N) is 1. The Balaban J connectivity index is 2.12. The summed E-state index contributed by atoms with van der Waals surface area (Å²) in [7, 11) is 0. The second-order valence-electron chi connectivity index (χ2n) is 3.45. The van der Waals surface area contributed by atoms with Crippen molar-refractivity contribution in [3.05, 3.63) is 11.6 Å². The van der Waals surface area contributed by atoms with Crippen LogP contribution in [0.25, 0.3) is 0 Å². The number of nitrogens with two attached hydrogens (primary N) is 1. The molecule has 1 aromatic heterocycles.